The lowest BCUT2D eigenvalue weighted by molar-refractivity contribution is 0.223. The first-order valence-electron chi connectivity index (χ1n) is 10.7. The van der Waals surface area contributed by atoms with E-state index in [1.54, 1.807) is 7.11 Å². The van der Waals surface area contributed by atoms with E-state index >= 15 is 0 Å². The van der Waals surface area contributed by atoms with Crippen LogP contribution in [0.15, 0.2) is 53.3 Å². The van der Waals surface area contributed by atoms with Crippen LogP contribution in [-0.2, 0) is 6.54 Å². The molecule has 0 saturated carbocycles. The summed E-state index contributed by atoms with van der Waals surface area (Å²) in [6, 6.07) is 17.0. The molecule has 2 aliphatic heterocycles. The number of nitrogens with zero attached hydrogens (tertiary/aromatic N) is 2. The van der Waals surface area contributed by atoms with E-state index in [4.69, 9.17) is 4.74 Å². The van der Waals surface area contributed by atoms with Crippen LogP contribution in [0.25, 0.3) is 10.9 Å². The minimum absolute atomic E-state index is 0. The minimum Gasteiger partial charge on any atom is -0.497 e. The highest BCUT2D eigenvalue weighted by molar-refractivity contribution is 5.85. The molecule has 2 aromatic carbocycles. The van der Waals surface area contributed by atoms with Gasteiger partial charge in [-0.2, -0.15) is 0 Å². The zero-order valence-electron chi connectivity index (χ0n) is 18.3. The van der Waals surface area contributed by atoms with Crippen molar-refractivity contribution < 1.29 is 4.74 Å². The SMILES string of the molecule is COc1ccc2[nH]c(=O)c(CN3C[C@@H]4CN(C)[C@@H](c5ccccc5C)[C@@H]4C3)cc2c1.Cl. The Morgan fingerprint density at radius 3 is 2.68 bits per heavy atom. The molecule has 3 heterocycles. The number of pyridine rings is 1. The van der Waals surface area contributed by atoms with E-state index in [0.717, 1.165) is 41.9 Å². The maximum atomic E-state index is 12.7. The summed E-state index contributed by atoms with van der Waals surface area (Å²) in [5.74, 6) is 2.07. The number of hydrogen-bond donors (Lipinski definition) is 1. The first-order valence-corrected chi connectivity index (χ1v) is 10.7. The third kappa shape index (κ3) is 3.98. The van der Waals surface area contributed by atoms with E-state index in [1.807, 2.05) is 24.3 Å². The Labute approximate surface area is 189 Å². The van der Waals surface area contributed by atoms with Crippen molar-refractivity contribution in [2.75, 3.05) is 33.8 Å². The Hall–Kier alpha value is -2.34. The Kier molecular flexibility index (Phi) is 6.11. The molecule has 6 heteroatoms. The highest BCUT2D eigenvalue weighted by atomic mass is 35.5. The van der Waals surface area contributed by atoms with Crippen molar-refractivity contribution in [2.24, 2.45) is 11.8 Å². The molecular weight excluding hydrogens is 410 g/mol. The van der Waals surface area contributed by atoms with E-state index in [0.29, 0.717) is 24.4 Å². The number of halogens is 1. The lowest BCUT2D eigenvalue weighted by atomic mass is 9.88. The number of fused-ring (bicyclic) bond motifs is 2. The smallest absolute Gasteiger partial charge is 0.252 e. The molecule has 0 unspecified atom stereocenters. The number of aromatic amines is 1. The fourth-order valence-corrected chi connectivity index (χ4v) is 5.58. The number of ether oxygens (including phenoxy) is 1. The van der Waals surface area contributed by atoms with Crippen LogP contribution in [0.2, 0.25) is 0 Å². The quantitative estimate of drug-likeness (QED) is 0.667. The zero-order chi connectivity index (χ0) is 20.8. The van der Waals surface area contributed by atoms with Crippen LogP contribution in [0.4, 0.5) is 0 Å². The average molecular weight is 440 g/mol. The summed E-state index contributed by atoms with van der Waals surface area (Å²) in [6.45, 7) is 6.10. The van der Waals surface area contributed by atoms with Crippen LogP contribution in [0.1, 0.15) is 22.7 Å². The van der Waals surface area contributed by atoms with E-state index in [-0.39, 0.29) is 18.0 Å². The van der Waals surface area contributed by atoms with Gasteiger partial charge in [-0.1, -0.05) is 24.3 Å². The predicted molar refractivity (Wildman–Crippen MR) is 127 cm³/mol. The first kappa shape index (κ1) is 21.9. The second-order valence-corrected chi connectivity index (χ2v) is 8.94. The van der Waals surface area contributed by atoms with Gasteiger partial charge in [0.05, 0.1) is 7.11 Å². The number of H-pyrrole nitrogens is 1. The van der Waals surface area contributed by atoms with Crippen molar-refractivity contribution in [1.82, 2.24) is 14.8 Å². The summed E-state index contributed by atoms with van der Waals surface area (Å²) in [6.07, 6.45) is 0. The lowest BCUT2D eigenvalue weighted by Crippen LogP contribution is -2.30. The van der Waals surface area contributed by atoms with Crippen molar-refractivity contribution in [3.05, 3.63) is 75.6 Å². The topological polar surface area (TPSA) is 48.6 Å². The first-order chi connectivity index (χ1) is 14.5. The van der Waals surface area contributed by atoms with Crippen LogP contribution in [0.3, 0.4) is 0 Å². The van der Waals surface area contributed by atoms with E-state index in [9.17, 15) is 4.79 Å². The van der Waals surface area contributed by atoms with Crippen LogP contribution in [-0.4, -0.2) is 48.6 Å². The summed E-state index contributed by atoms with van der Waals surface area (Å²) in [4.78, 5) is 20.7. The van der Waals surface area contributed by atoms with E-state index in [2.05, 4.69) is 53.0 Å². The number of likely N-dealkylation sites (tertiary alicyclic amines) is 2. The Bertz CT molecular complexity index is 1150. The van der Waals surface area contributed by atoms with Crippen molar-refractivity contribution in [3.63, 3.8) is 0 Å². The number of rotatable bonds is 4. The minimum atomic E-state index is 0. The molecule has 3 atom stereocenters. The maximum absolute atomic E-state index is 12.7. The second kappa shape index (κ2) is 8.65. The summed E-state index contributed by atoms with van der Waals surface area (Å²) < 4.78 is 5.34. The molecule has 0 bridgehead atoms. The predicted octanol–water partition coefficient (Wildman–Crippen LogP) is 4.00. The van der Waals surface area contributed by atoms with Gasteiger partial charge in [0.25, 0.3) is 5.56 Å². The molecule has 0 amide bonds. The van der Waals surface area contributed by atoms with E-state index < -0.39 is 0 Å². The summed E-state index contributed by atoms with van der Waals surface area (Å²) in [7, 11) is 3.92. The molecule has 0 aliphatic carbocycles. The molecular formula is C25H30ClN3O2. The molecule has 3 aromatic rings. The van der Waals surface area contributed by atoms with Crippen molar-refractivity contribution in [1.29, 1.82) is 0 Å². The molecule has 1 N–H and O–H groups in total. The van der Waals surface area contributed by atoms with Gasteiger partial charge in [0.1, 0.15) is 5.75 Å². The molecule has 164 valence electrons. The Morgan fingerprint density at radius 2 is 1.90 bits per heavy atom. The lowest BCUT2D eigenvalue weighted by Gasteiger charge is -2.28. The van der Waals surface area contributed by atoms with Gasteiger partial charge in [0.2, 0.25) is 0 Å². The molecule has 2 fully saturated rings. The largest absolute Gasteiger partial charge is 0.497 e. The fourth-order valence-electron chi connectivity index (χ4n) is 5.58. The standard InChI is InChI=1S/C25H29N3O2.ClH/c1-16-6-4-5-7-21(16)24-22-15-28(14-19(22)12-27(24)2)13-18-10-17-11-20(30-3)8-9-23(17)26-25(18)29;/h4-11,19,22,24H,12-15H2,1-3H3,(H,26,29);1H/t19-,22+,24-;/m0./s1. The molecule has 2 saturated heterocycles. The molecule has 5 rings (SSSR count). The molecule has 31 heavy (non-hydrogen) atoms. The third-order valence-electron chi connectivity index (χ3n) is 7.00. The zero-order valence-corrected chi connectivity index (χ0v) is 19.1. The van der Waals surface area contributed by atoms with Gasteiger partial charge in [-0.05, 0) is 61.2 Å². The number of benzene rings is 2. The van der Waals surface area contributed by atoms with Gasteiger partial charge in [0.15, 0.2) is 0 Å². The Balaban J connectivity index is 0.00000231. The van der Waals surface area contributed by atoms with E-state index in [1.165, 1.54) is 11.1 Å². The number of nitrogens with one attached hydrogen (secondary N) is 1. The van der Waals surface area contributed by atoms with Crippen molar-refractivity contribution in [2.45, 2.75) is 19.5 Å². The molecule has 5 nitrogen and oxygen atoms in total. The number of methoxy groups -OCH3 is 1. The maximum Gasteiger partial charge on any atom is 0.252 e. The van der Waals surface area contributed by atoms with Gasteiger partial charge in [-0.25, -0.2) is 0 Å². The van der Waals surface area contributed by atoms with Crippen LogP contribution >= 0.6 is 12.4 Å². The van der Waals surface area contributed by atoms with Crippen molar-refractivity contribution >= 4 is 23.3 Å². The number of aryl methyl sites for hydroxylation is 1. The highest BCUT2D eigenvalue weighted by Gasteiger charge is 2.46. The van der Waals surface area contributed by atoms with Crippen LogP contribution < -0.4 is 10.3 Å². The van der Waals surface area contributed by atoms with Gasteiger partial charge in [-0.15, -0.1) is 12.4 Å². The van der Waals surface area contributed by atoms with Crippen LogP contribution in [0, 0.1) is 18.8 Å². The summed E-state index contributed by atoms with van der Waals surface area (Å²) in [5, 5.41) is 1.01. The number of aromatic nitrogens is 1. The Morgan fingerprint density at radius 1 is 1.10 bits per heavy atom. The molecule has 1 aromatic heterocycles. The normalized spacial score (nSPS) is 23.6. The molecule has 0 spiro atoms. The fraction of sp³-hybridized carbons (Fsp3) is 0.400. The highest BCUT2D eigenvalue weighted by Crippen LogP contribution is 2.45. The average Bonchev–Trinajstić information content (AvgIpc) is 3.24. The van der Waals surface area contributed by atoms with Crippen LogP contribution in [0.5, 0.6) is 5.75 Å². The van der Waals surface area contributed by atoms with Gasteiger partial charge >= 0.3 is 0 Å². The van der Waals surface area contributed by atoms with Gasteiger partial charge < -0.3 is 9.72 Å². The second-order valence-electron chi connectivity index (χ2n) is 8.94. The number of hydrogen-bond acceptors (Lipinski definition) is 4. The molecule has 0 radical (unpaired) electrons. The van der Waals surface area contributed by atoms with Gasteiger partial charge in [-0.3, -0.25) is 14.6 Å². The van der Waals surface area contributed by atoms with Crippen molar-refractivity contribution in [3.8, 4) is 5.75 Å². The summed E-state index contributed by atoms with van der Waals surface area (Å²) in [5.41, 5.74) is 4.51. The molecule has 2 aliphatic rings. The third-order valence-corrected chi connectivity index (χ3v) is 7.00. The summed E-state index contributed by atoms with van der Waals surface area (Å²) >= 11 is 0. The monoisotopic (exact) mass is 439 g/mol. The van der Waals surface area contributed by atoms with Gasteiger partial charge in [0, 0.05) is 48.7 Å².